The minimum atomic E-state index is -0.349. The van der Waals surface area contributed by atoms with Crippen molar-refractivity contribution >= 4 is 29.2 Å². The quantitative estimate of drug-likeness (QED) is 0.470. The summed E-state index contributed by atoms with van der Waals surface area (Å²) in [7, 11) is 0. The molecule has 3 aliphatic rings. The maximum Gasteiger partial charge on any atom is 0.168 e. The number of carbonyl (C=O) groups is 1. The van der Waals surface area contributed by atoms with Crippen LogP contribution < -0.4 is 10.2 Å². The Kier molecular flexibility index (Phi) is 6.87. The average Bonchev–Trinajstić information content (AvgIpc) is 2.83. The Morgan fingerprint density at radius 3 is 2.53 bits per heavy atom. The summed E-state index contributed by atoms with van der Waals surface area (Å²) >= 11 is 0. The molecule has 3 fully saturated rings. The van der Waals surface area contributed by atoms with Gasteiger partial charge in [0.2, 0.25) is 0 Å². The molecule has 1 aliphatic carbocycles. The van der Waals surface area contributed by atoms with E-state index in [4.69, 9.17) is 10.1 Å². The van der Waals surface area contributed by atoms with Crippen LogP contribution in [0.3, 0.4) is 0 Å². The van der Waals surface area contributed by atoms with Crippen LogP contribution in [0.25, 0.3) is 0 Å². The van der Waals surface area contributed by atoms with E-state index >= 15 is 0 Å². The number of ether oxygens (including phenoxy) is 1. The van der Waals surface area contributed by atoms with E-state index in [1.807, 2.05) is 6.07 Å². The number of piperidine rings is 1. The van der Waals surface area contributed by atoms with Crippen molar-refractivity contribution in [2.24, 2.45) is 5.92 Å². The lowest BCUT2D eigenvalue weighted by Crippen LogP contribution is -2.49. The Bertz CT molecular complexity index is 1040. The number of nitrogens with zero attached hydrogens (tertiary/aromatic N) is 3. The van der Waals surface area contributed by atoms with Crippen LogP contribution in [-0.2, 0) is 4.74 Å². The van der Waals surface area contributed by atoms with Gasteiger partial charge in [0.05, 0.1) is 24.5 Å². The smallest absolute Gasteiger partial charge is 0.168 e. The first-order valence-electron chi connectivity index (χ1n) is 12.3. The van der Waals surface area contributed by atoms with E-state index in [0.29, 0.717) is 29.0 Å². The third kappa shape index (κ3) is 4.83. The molecule has 1 aromatic heterocycles. The molecule has 0 bridgehead atoms. The van der Waals surface area contributed by atoms with E-state index in [1.165, 1.54) is 12.1 Å². The topological polar surface area (TPSA) is 81.6 Å². The molecule has 8 heteroatoms. The third-order valence-corrected chi connectivity index (χ3v) is 7.38. The number of halogens is 1. The number of hydrogen-bond acceptors (Lipinski definition) is 7. The van der Waals surface area contributed by atoms with Gasteiger partial charge in [-0.1, -0.05) is 12.5 Å². The van der Waals surface area contributed by atoms with Crippen molar-refractivity contribution in [3.63, 3.8) is 0 Å². The van der Waals surface area contributed by atoms with E-state index in [-0.39, 0.29) is 11.7 Å². The molecule has 34 heavy (non-hydrogen) atoms. The molecule has 2 aromatic rings. The van der Waals surface area contributed by atoms with Gasteiger partial charge in [0.15, 0.2) is 6.29 Å². The summed E-state index contributed by atoms with van der Waals surface area (Å²) in [4.78, 5) is 21.2. The lowest BCUT2D eigenvalue weighted by molar-refractivity contribution is 0.0115. The summed E-state index contributed by atoms with van der Waals surface area (Å²) in [6, 6.07) is 8.55. The third-order valence-electron chi connectivity index (χ3n) is 7.38. The molecule has 3 heterocycles. The zero-order valence-corrected chi connectivity index (χ0v) is 19.4. The number of anilines is 3. The molecule has 0 unspecified atom stereocenters. The SMILES string of the molecule is N=C(c1c(N2CCC(N3CCOCC3)CC2)cc(C=O)nc1Nc1cccc(F)c1)C1CCC1. The Labute approximate surface area is 199 Å². The lowest BCUT2D eigenvalue weighted by atomic mass is 9.79. The number of pyridine rings is 1. The van der Waals surface area contributed by atoms with Crippen molar-refractivity contribution in [2.75, 3.05) is 49.6 Å². The van der Waals surface area contributed by atoms with E-state index in [1.54, 1.807) is 12.1 Å². The van der Waals surface area contributed by atoms with Crippen molar-refractivity contribution in [1.82, 2.24) is 9.88 Å². The molecule has 7 nitrogen and oxygen atoms in total. The first kappa shape index (κ1) is 22.9. The Balaban J connectivity index is 1.46. The Morgan fingerprint density at radius 2 is 1.88 bits per heavy atom. The number of morpholine rings is 1. The van der Waals surface area contributed by atoms with Crippen LogP contribution in [-0.4, -0.2) is 67.3 Å². The molecule has 2 aliphatic heterocycles. The number of benzene rings is 1. The van der Waals surface area contributed by atoms with E-state index in [2.05, 4.69) is 20.1 Å². The van der Waals surface area contributed by atoms with Crippen LogP contribution in [0.15, 0.2) is 30.3 Å². The Hall–Kier alpha value is -2.84. The molecule has 0 spiro atoms. The molecule has 5 rings (SSSR count). The van der Waals surface area contributed by atoms with Crippen molar-refractivity contribution in [1.29, 1.82) is 5.41 Å². The summed E-state index contributed by atoms with van der Waals surface area (Å²) in [5.41, 5.74) is 3.04. The zero-order chi connectivity index (χ0) is 23.5. The summed E-state index contributed by atoms with van der Waals surface area (Å²) in [6.07, 6.45) is 5.92. The lowest BCUT2D eigenvalue weighted by Gasteiger charge is -2.41. The number of carbonyl (C=O) groups excluding carboxylic acids is 1. The molecule has 0 amide bonds. The summed E-state index contributed by atoms with van der Waals surface area (Å²) in [5.74, 6) is 0.302. The average molecular weight is 466 g/mol. The van der Waals surface area contributed by atoms with Gasteiger partial charge in [0.25, 0.3) is 0 Å². The fourth-order valence-electron chi connectivity index (χ4n) is 5.24. The van der Waals surface area contributed by atoms with Gasteiger partial charge in [-0.2, -0.15) is 0 Å². The number of aromatic nitrogens is 1. The van der Waals surface area contributed by atoms with Gasteiger partial charge in [0, 0.05) is 49.5 Å². The molecule has 2 N–H and O–H groups in total. The van der Waals surface area contributed by atoms with E-state index in [0.717, 1.165) is 89.0 Å². The predicted molar refractivity (Wildman–Crippen MR) is 131 cm³/mol. The highest BCUT2D eigenvalue weighted by Gasteiger charge is 2.32. The first-order chi connectivity index (χ1) is 16.6. The number of nitrogens with one attached hydrogen (secondary N) is 2. The molecule has 0 atom stereocenters. The minimum absolute atomic E-state index is 0.196. The fraction of sp³-hybridized carbons (Fsp3) is 0.500. The normalized spacial score (nSPS) is 20.1. The van der Waals surface area contributed by atoms with Crippen LogP contribution >= 0.6 is 0 Å². The van der Waals surface area contributed by atoms with Crippen LogP contribution in [0.5, 0.6) is 0 Å². The zero-order valence-electron chi connectivity index (χ0n) is 19.4. The van der Waals surface area contributed by atoms with E-state index in [9.17, 15) is 9.18 Å². The van der Waals surface area contributed by atoms with Crippen LogP contribution in [0.4, 0.5) is 21.6 Å². The number of aldehydes is 1. The number of rotatable bonds is 7. The van der Waals surface area contributed by atoms with Crippen molar-refractivity contribution in [3.05, 3.63) is 47.4 Å². The fourth-order valence-corrected chi connectivity index (χ4v) is 5.24. The second-order valence-electron chi connectivity index (χ2n) is 9.45. The van der Waals surface area contributed by atoms with Gasteiger partial charge in [-0.15, -0.1) is 0 Å². The summed E-state index contributed by atoms with van der Waals surface area (Å²) in [5, 5.41) is 12.2. The largest absolute Gasteiger partial charge is 0.379 e. The highest BCUT2D eigenvalue weighted by Crippen LogP contribution is 2.38. The Morgan fingerprint density at radius 1 is 1.12 bits per heavy atom. The first-order valence-corrected chi connectivity index (χ1v) is 12.3. The van der Waals surface area contributed by atoms with Crippen molar-refractivity contribution < 1.29 is 13.9 Å². The van der Waals surface area contributed by atoms with Gasteiger partial charge < -0.3 is 20.4 Å². The summed E-state index contributed by atoms with van der Waals surface area (Å²) in [6.45, 7) is 5.27. The molecule has 180 valence electrons. The second kappa shape index (κ2) is 10.2. The maximum absolute atomic E-state index is 13.8. The minimum Gasteiger partial charge on any atom is -0.379 e. The molecule has 0 radical (unpaired) electrons. The van der Waals surface area contributed by atoms with Gasteiger partial charge in [-0.05, 0) is 49.9 Å². The van der Waals surface area contributed by atoms with Crippen molar-refractivity contribution in [3.8, 4) is 0 Å². The second-order valence-corrected chi connectivity index (χ2v) is 9.45. The van der Waals surface area contributed by atoms with Crippen LogP contribution in [0.2, 0.25) is 0 Å². The predicted octanol–water partition coefficient (Wildman–Crippen LogP) is 4.25. The monoisotopic (exact) mass is 465 g/mol. The van der Waals surface area contributed by atoms with Gasteiger partial charge in [-0.3, -0.25) is 9.69 Å². The van der Waals surface area contributed by atoms with Gasteiger partial charge in [-0.25, -0.2) is 9.37 Å². The molecular formula is C26H32FN5O2. The van der Waals surface area contributed by atoms with Gasteiger partial charge in [0.1, 0.15) is 17.3 Å². The van der Waals surface area contributed by atoms with Crippen LogP contribution in [0, 0.1) is 17.1 Å². The van der Waals surface area contributed by atoms with Gasteiger partial charge >= 0.3 is 0 Å². The van der Waals surface area contributed by atoms with Crippen LogP contribution in [0.1, 0.15) is 48.2 Å². The highest BCUT2D eigenvalue weighted by atomic mass is 19.1. The van der Waals surface area contributed by atoms with E-state index < -0.39 is 0 Å². The molecule has 1 saturated carbocycles. The molecular weight excluding hydrogens is 433 g/mol. The number of hydrogen-bond donors (Lipinski definition) is 2. The highest BCUT2D eigenvalue weighted by molar-refractivity contribution is 6.10. The molecule has 1 aromatic carbocycles. The maximum atomic E-state index is 13.8. The molecule has 2 saturated heterocycles. The standard InChI is InChI=1S/C26H32FN5O2/c27-19-5-2-6-20(15-19)29-26-24(25(28)18-3-1-4-18)23(16-21(17-33)30-26)32-9-7-22(8-10-32)31-11-13-34-14-12-31/h2,5-6,15-18,22,28H,1,3-4,7-14H2,(H,29,30). The van der Waals surface area contributed by atoms with Crippen molar-refractivity contribution in [2.45, 2.75) is 38.1 Å². The summed E-state index contributed by atoms with van der Waals surface area (Å²) < 4.78 is 19.4.